The molecule has 0 amide bonds. The molecule has 0 spiro atoms. The Morgan fingerprint density at radius 1 is 1.35 bits per heavy atom. The number of para-hydroxylation sites is 1. The van der Waals surface area contributed by atoms with Gasteiger partial charge in [-0.25, -0.2) is 13.1 Å². The summed E-state index contributed by atoms with van der Waals surface area (Å²) in [6, 6.07) is 8.06. The molecule has 1 atom stereocenters. The zero-order valence-corrected chi connectivity index (χ0v) is 14.9. The molecule has 1 aliphatic heterocycles. The van der Waals surface area contributed by atoms with Gasteiger partial charge in [-0.3, -0.25) is 0 Å². The highest BCUT2D eigenvalue weighted by Crippen LogP contribution is 2.18. The van der Waals surface area contributed by atoms with Gasteiger partial charge in [0.1, 0.15) is 5.75 Å². The van der Waals surface area contributed by atoms with E-state index in [-0.39, 0.29) is 0 Å². The molecule has 1 aliphatic rings. The summed E-state index contributed by atoms with van der Waals surface area (Å²) in [5, 5.41) is 0. The van der Waals surface area contributed by atoms with Crippen LogP contribution in [0.15, 0.2) is 24.3 Å². The van der Waals surface area contributed by atoms with E-state index in [1.165, 1.54) is 6.26 Å². The van der Waals surface area contributed by atoms with Gasteiger partial charge in [-0.05, 0) is 50.3 Å². The number of nitrogens with one attached hydrogen (secondary N) is 1. The van der Waals surface area contributed by atoms with Gasteiger partial charge in [0.05, 0.1) is 12.9 Å². The molecule has 2 rings (SSSR count). The van der Waals surface area contributed by atoms with E-state index >= 15 is 0 Å². The Morgan fingerprint density at radius 2 is 2.13 bits per heavy atom. The Morgan fingerprint density at radius 3 is 2.87 bits per heavy atom. The molecule has 1 saturated heterocycles. The van der Waals surface area contributed by atoms with Crippen molar-refractivity contribution in [2.45, 2.75) is 26.2 Å². The Balaban J connectivity index is 1.66. The van der Waals surface area contributed by atoms with Gasteiger partial charge in [-0.2, -0.15) is 0 Å². The Hall–Kier alpha value is -1.11. The third kappa shape index (κ3) is 6.89. The molecule has 0 unspecified atom stereocenters. The van der Waals surface area contributed by atoms with Crippen LogP contribution in [0.5, 0.6) is 5.75 Å². The molecular weight excluding hydrogens is 312 g/mol. The minimum Gasteiger partial charge on any atom is -0.493 e. The van der Waals surface area contributed by atoms with Gasteiger partial charge in [0.2, 0.25) is 10.0 Å². The number of hydrogen-bond acceptors (Lipinski definition) is 4. The fourth-order valence-corrected chi connectivity index (χ4v) is 3.52. The first kappa shape index (κ1) is 18.2. The minimum absolute atomic E-state index is 0.413. The maximum Gasteiger partial charge on any atom is 0.208 e. The molecule has 0 aliphatic carbocycles. The maximum absolute atomic E-state index is 11.2. The van der Waals surface area contributed by atoms with E-state index in [1.54, 1.807) is 0 Å². The number of piperidine rings is 1. The SMILES string of the molecule is Cc1ccccc1OCCCN1CCC[C@H](CNS(C)(=O)=O)C1. The molecule has 6 heteroatoms. The molecule has 0 saturated carbocycles. The predicted molar refractivity (Wildman–Crippen MR) is 93.3 cm³/mol. The van der Waals surface area contributed by atoms with Crippen molar-refractivity contribution in [1.82, 2.24) is 9.62 Å². The van der Waals surface area contributed by atoms with E-state index in [9.17, 15) is 8.42 Å². The van der Waals surface area contributed by atoms with Crippen LogP contribution >= 0.6 is 0 Å². The predicted octanol–water partition coefficient (Wildman–Crippen LogP) is 2.03. The lowest BCUT2D eigenvalue weighted by atomic mass is 9.98. The summed E-state index contributed by atoms with van der Waals surface area (Å²) < 4.78 is 30.8. The summed E-state index contributed by atoms with van der Waals surface area (Å²) in [6.45, 7) is 6.38. The fourth-order valence-electron chi connectivity index (χ4n) is 2.98. The number of aryl methyl sites for hydroxylation is 1. The Bertz CT molecular complexity index is 589. The quantitative estimate of drug-likeness (QED) is 0.736. The van der Waals surface area contributed by atoms with Gasteiger partial charge >= 0.3 is 0 Å². The highest BCUT2D eigenvalue weighted by atomic mass is 32.2. The van der Waals surface area contributed by atoms with E-state index in [0.29, 0.717) is 19.1 Å². The van der Waals surface area contributed by atoms with Crippen LogP contribution in [0, 0.1) is 12.8 Å². The number of sulfonamides is 1. The molecule has 23 heavy (non-hydrogen) atoms. The number of benzene rings is 1. The van der Waals surface area contributed by atoms with E-state index < -0.39 is 10.0 Å². The number of rotatable bonds is 8. The second-order valence-corrected chi connectivity index (χ2v) is 8.23. The van der Waals surface area contributed by atoms with Crippen molar-refractivity contribution in [2.24, 2.45) is 5.92 Å². The molecule has 1 heterocycles. The van der Waals surface area contributed by atoms with Crippen molar-refractivity contribution < 1.29 is 13.2 Å². The molecular formula is C17H28N2O3S. The summed E-state index contributed by atoms with van der Waals surface area (Å²) in [4.78, 5) is 2.42. The molecule has 0 aromatic heterocycles. The van der Waals surface area contributed by atoms with Crippen molar-refractivity contribution in [3.05, 3.63) is 29.8 Å². The van der Waals surface area contributed by atoms with Crippen LogP contribution in [0.3, 0.4) is 0 Å². The molecule has 1 N–H and O–H groups in total. The highest BCUT2D eigenvalue weighted by Gasteiger charge is 2.20. The summed E-state index contributed by atoms with van der Waals surface area (Å²) in [5.74, 6) is 1.37. The minimum atomic E-state index is -3.09. The van der Waals surface area contributed by atoms with Crippen LogP contribution in [0.4, 0.5) is 0 Å². The van der Waals surface area contributed by atoms with E-state index in [1.807, 2.05) is 18.2 Å². The van der Waals surface area contributed by atoms with Crippen LogP contribution in [-0.2, 0) is 10.0 Å². The largest absolute Gasteiger partial charge is 0.493 e. The third-order valence-corrected chi connectivity index (χ3v) is 4.90. The highest BCUT2D eigenvalue weighted by molar-refractivity contribution is 7.88. The van der Waals surface area contributed by atoms with Crippen LogP contribution in [0.25, 0.3) is 0 Å². The zero-order valence-electron chi connectivity index (χ0n) is 14.1. The normalized spacial score (nSPS) is 19.7. The molecule has 130 valence electrons. The maximum atomic E-state index is 11.2. The first-order valence-corrected chi connectivity index (χ1v) is 10.2. The average molecular weight is 340 g/mol. The van der Waals surface area contributed by atoms with Gasteiger partial charge < -0.3 is 9.64 Å². The van der Waals surface area contributed by atoms with Crippen molar-refractivity contribution in [3.8, 4) is 5.75 Å². The second-order valence-electron chi connectivity index (χ2n) is 6.40. The average Bonchev–Trinajstić information content (AvgIpc) is 2.51. The van der Waals surface area contributed by atoms with Crippen LogP contribution in [0.2, 0.25) is 0 Å². The standard InChI is InChI=1S/C17H28N2O3S/c1-15-7-3-4-9-17(15)22-12-6-11-19-10-5-8-16(14-19)13-18-23(2,20)21/h3-4,7,9,16,18H,5-6,8,10-14H2,1-2H3/t16-/m1/s1. The van der Waals surface area contributed by atoms with Crippen LogP contribution in [0.1, 0.15) is 24.8 Å². The van der Waals surface area contributed by atoms with Gasteiger partial charge in [0.15, 0.2) is 0 Å². The van der Waals surface area contributed by atoms with E-state index in [2.05, 4.69) is 22.6 Å². The molecule has 5 nitrogen and oxygen atoms in total. The van der Waals surface area contributed by atoms with Crippen molar-refractivity contribution in [2.75, 3.05) is 39.0 Å². The molecule has 1 aromatic carbocycles. The second kappa shape index (κ2) is 8.66. The number of nitrogens with zero attached hydrogens (tertiary/aromatic N) is 1. The topological polar surface area (TPSA) is 58.6 Å². The van der Waals surface area contributed by atoms with Gasteiger partial charge in [-0.1, -0.05) is 18.2 Å². The summed E-state index contributed by atoms with van der Waals surface area (Å²) in [5.41, 5.74) is 1.16. The van der Waals surface area contributed by atoms with Crippen molar-refractivity contribution in [1.29, 1.82) is 0 Å². The van der Waals surface area contributed by atoms with Gasteiger partial charge in [0, 0.05) is 19.6 Å². The zero-order chi connectivity index (χ0) is 16.7. The third-order valence-electron chi connectivity index (χ3n) is 4.21. The van der Waals surface area contributed by atoms with Crippen LogP contribution < -0.4 is 9.46 Å². The van der Waals surface area contributed by atoms with Gasteiger partial charge in [-0.15, -0.1) is 0 Å². The van der Waals surface area contributed by atoms with Crippen molar-refractivity contribution in [3.63, 3.8) is 0 Å². The molecule has 1 aromatic rings. The molecule has 0 radical (unpaired) electrons. The summed E-state index contributed by atoms with van der Waals surface area (Å²) in [6.07, 6.45) is 4.44. The first-order valence-electron chi connectivity index (χ1n) is 8.29. The first-order chi connectivity index (χ1) is 10.9. The summed E-state index contributed by atoms with van der Waals surface area (Å²) >= 11 is 0. The fraction of sp³-hybridized carbons (Fsp3) is 0.647. The Kier molecular flexibility index (Phi) is 6.87. The van der Waals surface area contributed by atoms with Gasteiger partial charge in [0.25, 0.3) is 0 Å². The van der Waals surface area contributed by atoms with Crippen LogP contribution in [-0.4, -0.2) is 52.4 Å². The van der Waals surface area contributed by atoms with Crippen molar-refractivity contribution >= 4 is 10.0 Å². The smallest absolute Gasteiger partial charge is 0.208 e. The Labute approximate surface area is 140 Å². The number of likely N-dealkylation sites (tertiary alicyclic amines) is 1. The number of ether oxygens (including phenoxy) is 1. The van der Waals surface area contributed by atoms with E-state index in [0.717, 1.165) is 50.2 Å². The van der Waals surface area contributed by atoms with E-state index in [4.69, 9.17) is 4.74 Å². The summed E-state index contributed by atoms with van der Waals surface area (Å²) in [7, 11) is -3.09. The molecule has 1 fully saturated rings. The lowest BCUT2D eigenvalue weighted by molar-refractivity contribution is 0.163. The lowest BCUT2D eigenvalue weighted by Gasteiger charge is -2.32. The lowest BCUT2D eigenvalue weighted by Crippen LogP contribution is -2.41. The monoisotopic (exact) mass is 340 g/mol. The number of hydrogen-bond donors (Lipinski definition) is 1. The molecule has 0 bridgehead atoms.